The topological polar surface area (TPSA) is 75.1 Å². The molecule has 0 aliphatic heterocycles. The molecule has 2 rings (SSSR count). The van der Waals surface area contributed by atoms with Gasteiger partial charge in [0.25, 0.3) is 0 Å². The first-order chi connectivity index (χ1) is 9.90. The zero-order chi connectivity index (χ0) is 15.6. The van der Waals surface area contributed by atoms with Gasteiger partial charge in [-0.25, -0.2) is 4.79 Å². The average molecular weight is 285 g/mol. The molecule has 1 atom stereocenters. The quantitative estimate of drug-likeness (QED) is 0.901. The number of hydrogen-bond acceptors (Lipinski definition) is 4. The number of hydrogen-bond donors (Lipinski definition) is 2. The summed E-state index contributed by atoms with van der Waals surface area (Å²) in [6, 6.07) is 8.03. The molecule has 5 nitrogen and oxygen atoms in total. The zero-order valence-corrected chi connectivity index (χ0v) is 12.6. The second-order valence-electron chi connectivity index (χ2n) is 5.22. The predicted molar refractivity (Wildman–Crippen MR) is 81.7 cm³/mol. The molecule has 1 heterocycles. The minimum Gasteiger partial charge on any atom is -0.478 e. The first kappa shape index (κ1) is 15.0. The summed E-state index contributed by atoms with van der Waals surface area (Å²) < 4.78 is 0. The standard InChI is InChI=1S/C16H19N3O2/c1-9-5-7-13(8-6-9)12(4)17-15-14(16(20)21)10(2)11(3)18-19-15/h5-8,12H,1-4H3,(H,17,19)(H,20,21). The average Bonchev–Trinajstić information content (AvgIpc) is 2.43. The highest BCUT2D eigenvalue weighted by Gasteiger charge is 2.19. The van der Waals surface area contributed by atoms with Gasteiger partial charge in [0.1, 0.15) is 5.56 Å². The van der Waals surface area contributed by atoms with Crippen LogP contribution in [0, 0.1) is 20.8 Å². The Morgan fingerprint density at radius 3 is 2.33 bits per heavy atom. The lowest BCUT2D eigenvalue weighted by atomic mass is 10.1. The van der Waals surface area contributed by atoms with Gasteiger partial charge in [0.05, 0.1) is 11.7 Å². The molecule has 0 fully saturated rings. The van der Waals surface area contributed by atoms with Crippen LogP contribution >= 0.6 is 0 Å². The Morgan fingerprint density at radius 2 is 1.76 bits per heavy atom. The van der Waals surface area contributed by atoms with Gasteiger partial charge in [0.15, 0.2) is 5.82 Å². The number of nitrogens with zero attached hydrogens (tertiary/aromatic N) is 2. The van der Waals surface area contributed by atoms with Crippen LogP contribution in [0.1, 0.15) is 45.7 Å². The summed E-state index contributed by atoms with van der Waals surface area (Å²) in [6.07, 6.45) is 0. The number of carbonyl (C=O) groups is 1. The van der Waals surface area contributed by atoms with E-state index < -0.39 is 5.97 Å². The number of rotatable bonds is 4. The van der Waals surface area contributed by atoms with Gasteiger partial charge in [0.2, 0.25) is 0 Å². The number of anilines is 1. The minimum absolute atomic E-state index is 0.0555. The van der Waals surface area contributed by atoms with E-state index >= 15 is 0 Å². The molecule has 1 aromatic carbocycles. The Hall–Kier alpha value is -2.43. The van der Waals surface area contributed by atoms with Crippen molar-refractivity contribution < 1.29 is 9.90 Å². The van der Waals surface area contributed by atoms with Crippen molar-refractivity contribution in [3.63, 3.8) is 0 Å². The van der Waals surface area contributed by atoms with Crippen molar-refractivity contribution in [3.05, 3.63) is 52.2 Å². The van der Waals surface area contributed by atoms with Crippen molar-refractivity contribution in [1.82, 2.24) is 10.2 Å². The number of carboxylic acids is 1. The van der Waals surface area contributed by atoms with Crippen molar-refractivity contribution in [3.8, 4) is 0 Å². The molecule has 0 spiro atoms. The molecule has 0 aliphatic rings. The second kappa shape index (κ2) is 5.91. The van der Waals surface area contributed by atoms with Crippen molar-refractivity contribution in [2.24, 2.45) is 0 Å². The third-order valence-electron chi connectivity index (χ3n) is 3.60. The van der Waals surface area contributed by atoms with E-state index in [0.29, 0.717) is 17.1 Å². The van der Waals surface area contributed by atoms with Crippen LogP contribution in [-0.2, 0) is 0 Å². The Kier molecular flexibility index (Phi) is 4.21. The van der Waals surface area contributed by atoms with E-state index in [2.05, 4.69) is 15.5 Å². The summed E-state index contributed by atoms with van der Waals surface area (Å²) in [6.45, 7) is 7.49. The maximum atomic E-state index is 11.4. The molecule has 0 saturated carbocycles. The smallest absolute Gasteiger partial charge is 0.339 e. The summed E-state index contributed by atoms with van der Waals surface area (Å²) in [5.41, 5.74) is 3.69. The number of carboxylic acid groups (broad SMARTS) is 1. The molecule has 1 aromatic heterocycles. The highest BCUT2D eigenvalue weighted by atomic mass is 16.4. The van der Waals surface area contributed by atoms with Crippen LogP contribution in [-0.4, -0.2) is 21.3 Å². The van der Waals surface area contributed by atoms with Gasteiger partial charge in [-0.1, -0.05) is 29.8 Å². The highest BCUT2D eigenvalue weighted by molar-refractivity contribution is 5.94. The Labute approximate surface area is 124 Å². The van der Waals surface area contributed by atoms with Crippen LogP contribution in [0.5, 0.6) is 0 Å². The zero-order valence-electron chi connectivity index (χ0n) is 12.6. The molecule has 21 heavy (non-hydrogen) atoms. The molecule has 110 valence electrons. The van der Waals surface area contributed by atoms with Crippen molar-refractivity contribution in [1.29, 1.82) is 0 Å². The summed E-state index contributed by atoms with van der Waals surface area (Å²) in [5, 5.41) is 20.5. The third kappa shape index (κ3) is 3.18. The summed E-state index contributed by atoms with van der Waals surface area (Å²) >= 11 is 0. The lowest BCUT2D eigenvalue weighted by Crippen LogP contribution is -2.15. The van der Waals surface area contributed by atoms with E-state index in [9.17, 15) is 9.90 Å². The summed E-state index contributed by atoms with van der Waals surface area (Å²) in [5.74, 6) is -0.692. The SMILES string of the molecule is Cc1ccc(C(C)Nc2nnc(C)c(C)c2C(=O)O)cc1. The second-order valence-corrected chi connectivity index (χ2v) is 5.22. The fourth-order valence-electron chi connectivity index (χ4n) is 2.11. The molecule has 1 unspecified atom stereocenters. The first-order valence-electron chi connectivity index (χ1n) is 6.80. The van der Waals surface area contributed by atoms with Crippen molar-refractivity contribution >= 4 is 11.8 Å². The Bertz CT molecular complexity index is 666. The first-order valence-corrected chi connectivity index (χ1v) is 6.80. The van der Waals surface area contributed by atoms with E-state index in [4.69, 9.17) is 0 Å². The third-order valence-corrected chi connectivity index (χ3v) is 3.60. The maximum Gasteiger partial charge on any atom is 0.339 e. The van der Waals surface area contributed by atoms with Gasteiger partial charge in [-0.15, -0.1) is 5.10 Å². The normalized spacial score (nSPS) is 12.0. The predicted octanol–water partition coefficient (Wildman–Crippen LogP) is 3.27. The van der Waals surface area contributed by atoms with Crippen LogP contribution in [0.4, 0.5) is 5.82 Å². The van der Waals surface area contributed by atoms with Gasteiger partial charge >= 0.3 is 5.97 Å². The van der Waals surface area contributed by atoms with Crippen LogP contribution < -0.4 is 5.32 Å². The van der Waals surface area contributed by atoms with E-state index in [1.54, 1.807) is 13.8 Å². The molecule has 0 aliphatic carbocycles. The Morgan fingerprint density at radius 1 is 1.14 bits per heavy atom. The van der Waals surface area contributed by atoms with Crippen LogP contribution in [0.25, 0.3) is 0 Å². The van der Waals surface area contributed by atoms with Gasteiger partial charge < -0.3 is 10.4 Å². The molecule has 0 amide bonds. The van der Waals surface area contributed by atoms with Gasteiger partial charge in [-0.2, -0.15) is 5.10 Å². The lowest BCUT2D eigenvalue weighted by molar-refractivity contribution is 0.0696. The van der Waals surface area contributed by atoms with Gasteiger partial charge in [-0.05, 0) is 38.8 Å². The van der Waals surface area contributed by atoms with Crippen molar-refractivity contribution in [2.75, 3.05) is 5.32 Å². The molecular formula is C16H19N3O2. The fourth-order valence-corrected chi connectivity index (χ4v) is 2.11. The minimum atomic E-state index is -0.996. The number of nitrogens with one attached hydrogen (secondary N) is 1. The summed E-state index contributed by atoms with van der Waals surface area (Å²) in [7, 11) is 0. The monoisotopic (exact) mass is 285 g/mol. The van der Waals surface area contributed by atoms with E-state index in [1.807, 2.05) is 38.1 Å². The molecular weight excluding hydrogens is 266 g/mol. The van der Waals surface area contributed by atoms with Crippen LogP contribution in [0.3, 0.4) is 0 Å². The number of benzene rings is 1. The molecule has 0 radical (unpaired) electrons. The molecule has 2 N–H and O–H groups in total. The molecule has 0 bridgehead atoms. The summed E-state index contributed by atoms with van der Waals surface area (Å²) in [4.78, 5) is 11.4. The maximum absolute atomic E-state index is 11.4. The number of aromatic nitrogens is 2. The van der Waals surface area contributed by atoms with Gasteiger partial charge in [-0.3, -0.25) is 0 Å². The number of aryl methyl sites for hydroxylation is 2. The van der Waals surface area contributed by atoms with Crippen molar-refractivity contribution in [2.45, 2.75) is 33.7 Å². The number of aromatic carboxylic acids is 1. The van der Waals surface area contributed by atoms with E-state index in [0.717, 1.165) is 5.56 Å². The highest BCUT2D eigenvalue weighted by Crippen LogP contribution is 2.23. The van der Waals surface area contributed by atoms with Crippen LogP contribution in [0.2, 0.25) is 0 Å². The van der Waals surface area contributed by atoms with E-state index in [-0.39, 0.29) is 11.6 Å². The Balaban J connectivity index is 2.33. The molecule has 2 aromatic rings. The van der Waals surface area contributed by atoms with Crippen LogP contribution in [0.15, 0.2) is 24.3 Å². The fraction of sp³-hybridized carbons (Fsp3) is 0.312. The van der Waals surface area contributed by atoms with E-state index in [1.165, 1.54) is 5.56 Å². The molecule has 5 heteroatoms. The largest absolute Gasteiger partial charge is 0.478 e. The van der Waals surface area contributed by atoms with Gasteiger partial charge in [0, 0.05) is 0 Å². The lowest BCUT2D eigenvalue weighted by Gasteiger charge is -2.17. The molecule has 0 saturated heterocycles.